The summed E-state index contributed by atoms with van der Waals surface area (Å²) in [5.41, 5.74) is 2.55. The van der Waals surface area contributed by atoms with Crippen LogP contribution < -0.4 is 5.32 Å². The van der Waals surface area contributed by atoms with Crippen LogP contribution in [0.1, 0.15) is 67.7 Å². The van der Waals surface area contributed by atoms with Gasteiger partial charge in [-0.3, -0.25) is 4.79 Å². The molecule has 0 bridgehead atoms. The van der Waals surface area contributed by atoms with E-state index in [0.29, 0.717) is 39.7 Å². The molecule has 2 heterocycles. The lowest BCUT2D eigenvalue weighted by atomic mass is 9.72. The molecule has 172 valence electrons. The van der Waals surface area contributed by atoms with Crippen molar-refractivity contribution < 1.29 is 18.7 Å². The average Bonchev–Trinajstić information content (AvgIpc) is 3.48. The van der Waals surface area contributed by atoms with E-state index in [-0.39, 0.29) is 17.8 Å². The maximum Gasteiger partial charge on any atom is 0.337 e. The molecule has 0 unspecified atom stereocenters. The van der Waals surface area contributed by atoms with Gasteiger partial charge in [-0.15, -0.1) is 11.3 Å². The SMILES string of the molecule is CC1=C(C(=O)OC2CCCC2)[C@@H](c2cc(Br)ccc2F)C2=C(C[C@H](c3cccs3)CC2=O)N1. The van der Waals surface area contributed by atoms with Crippen molar-refractivity contribution in [2.24, 2.45) is 0 Å². The number of dihydropyridines is 1. The highest BCUT2D eigenvalue weighted by Gasteiger charge is 2.43. The van der Waals surface area contributed by atoms with Crippen LogP contribution in [0.2, 0.25) is 0 Å². The quantitative estimate of drug-likeness (QED) is 0.459. The van der Waals surface area contributed by atoms with Gasteiger partial charge in [-0.05, 0) is 68.7 Å². The zero-order valence-electron chi connectivity index (χ0n) is 18.3. The van der Waals surface area contributed by atoms with Crippen molar-refractivity contribution in [2.75, 3.05) is 0 Å². The Morgan fingerprint density at radius 1 is 1.21 bits per heavy atom. The summed E-state index contributed by atoms with van der Waals surface area (Å²) in [6.45, 7) is 1.82. The second-order valence-electron chi connectivity index (χ2n) is 9.01. The maximum atomic E-state index is 15.2. The first-order chi connectivity index (χ1) is 15.9. The first kappa shape index (κ1) is 22.5. The van der Waals surface area contributed by atoms with Crippen molar-refractivity contribution in [3.05, 3.63) is 79.0 Å². The molecule has 3 aliphatic rings. The summed E-state index contributed by atoms with van der Waals surface area (Å²) in [7, 11) is 0. The Hall–Kier alpha value is -2.25. The molecule has 1 aromatic carbocycles. The number of Topliss-reactive ketones (excluding diaryl/α,β-unsaturated/α-hetero) is 1. The Morgan fingerprint density at radius 2 is 2.00 bits per heavy atom. The lowest BCUT2D eigenvalue weighted by Crippen LogP contribution is -2.36. The van der Waals surface area contributed by atoms with Gasteiger partial charge in [0.1, 0.15) is 11.9 Å². The number of hydrogen-bond acceptors (Lipinski definition) is 5. The van der Waals surface area contributed by atoms with Gasteiger partial charge in [0.25, 0.3) is 0 Å². The normalized spacial score (nSPS) is 23.5. The van der Waals surface area contributed by atoms with E-state index in [1.807, 2.05) is 18.4 Å². The lowest BCUT2D eigenvalue weighted by Gasteiger charge is -2.36. The molecule has 33 heavy (non-hydrogen) atoms. The smallest absolute Gasteiger partial charge is 0.337 e. The van der Waals surface area contributed by atoms with Crippen molar-refractivity contribution in [1.82, 2.24) is 5.32 Å². The van der Waals surface area contributed by atoms with Crippen molar-refractivity contribution in [2.45, 2.75) is 63.4 Å². The minimum Gasteiger partial charge on any atom is -0.459 e. The highest BCUT2D eigenvalue weighted by atomic mass is 79.9. The Labute approximate surface area is 205 Å². The molecule has 1 saturated carbocycles. The number of benzene rings is 1. The van der Waals surface area contributed by atoms with Gasteiger partial charge >= 0.3 is 5.97 Å². The molecule has 0 radical (unpaired) electrons. The molecular weight excluding hydrogens is 505 g/mol. The number of esters is 1. The second-order valence-corrected chi connectivity index (χ2v) is 10.9. The second kappa shape index (κ2) is 9.18. The van der Waals surface area contributed by atoms with Crippen LogP contribution in [-0.4, -0.2) is 17.9 Å². The van der Waals surface area contributed by atoms with Crippen molar-refractivity contribution in [1.29, 1.82) is 0 Å². The Morgan fingerprint density at radius 3 is 2.73 bits per heavy atom. The number of carbonyl (C=O) groups excluding carboxylic acids is 2. The fourth-order valence-corrected chi connectivity index (χ4v) is 6.51. The van der Waals surface area contributed by atoms with E-state index in [1.165, 1.54) is 6.07 Å². The Balaban J connectivity index is 1.59. The lowest BCUT2D eigenvalue weighted by molar-refractivity contribution is -0.144. The number of halogens is 2. The Kier molecular flexibility index (Phi) is 6.27. The third-order valence-corrected chi connectivity index (χ3v) is 8.37. The number of allylic oxidation sites excluding steroid dienone is 3. The molecule has 5 rings (SSSR count). The van der Waals surface area contributed by atoms with Crippen LogP contribution in [0, 0.1) is 5.82 Å². The van der Waals surface area contributed by atoms with Crippen LogP contribution in [0.3, 0.4) is 0 Å². The molecule has 2 atom stereocenters. The van der Waals surface area contributed by atoms with Crippen molar-refractivity contribution in [3.8, 4) is 0 Å². The van der Waals surface area contributed by atoms with Gasteiger partial charge in [0.2, 0.25) is 0 Å². The van der Waals surface area contributed by atoms with Crippen molar-refractivity contribution in [3.63, 3.8) is 0 Å². The molecule has 4 nitrogen and oxygen atoms in total. The van der Waals surface area contributed by atoms with Crippen LogP contribution in [0.15, 0.2) is 62.7 Å². The summed E-state index contributed by atoms with van der Waals surface area (Å²) < 4.78 is 21.7. The molecule has 1 aliphatic heterocycles. The standard InChI is InChI=1S/C26H25BrFNO3S/c1-14-23(26(31)32-17-5-2-3-6-17)24(18-13-16(27)8-9-19(18)28)25-20(29-14)11-15(12-21(25)30)22-7-4-10-33-22/h4,7-10,13,15,17,24,29H,2-3,5-6,11-12H2,1H3/t15-,24+/m0/s1. The number of rotatable bonds is 4. The maximum absolute atomic E-state index is 15.2. The number of nitrogens with one attached hydrogen (secondary N) is 1. The summed E-state index contributed by atoms with van der Waals surface area (Å²) in [5, 5.41) is 5.35. The molecule has 1 N–H and O–H groups in total. The summed E-state index contributed by atoms with van der Waals surface area (Å²) in [5.74, 6) is -1.66. The molecular formula is C26H25BrFNO3S. The molecule has 0 saturated heterocycles. The number of ether oxygens (including phenoxy) is 1. The van der Waals surface area contributed by atoms with Crippen LogP contribution >= 0.6 is 27.3 Å². The van der Waals surface area contributed by atoms with E-state index in [9.17, 15) is 9.59 Å². The fraction of sp³-hybridized carbons (Fsp3) is 0.385. The molecule has 2 aromatic rings. The molecule has 0 spiro atoms. The number of hydrogen-bond donors (Lipinski definition) is 1. The number of ketones is 1. The summed E-state index contributed by atoms with van der Waals surface area (Å²) in [4.78, 5) is 28.1. The predicted molar refractivity (Wildman–Crippen MR) is 129 cm³/mol. The molecule has 7 heteroatoms. The predicted octanol–water partition coefficient (Wildman–Crippen LogP) is 6.50. The van der Waals surface area contributed by atoms with E-state index in [2.05, 4.69) is 27.3 Å². The van der Waals surface area contributed by atoms with Crippen LogP contribution in [0.25, 0.3) is 0 Å². The van der Waals surface area contributed by atoms with Gasteiger partial charge in [0.05, 0.1) is 11.5 Å². The summed E-state index contributed by atoms with van der Waals surface area (Å²) in [6, 6.07) is 8.71. The minimum atomic E-state index is -0.788. The van der Waals surface area contributed by atoms with Gasteiger partial charge in [-0.25, -0.2) is 9.18 Å². The van der Waals surface area contributed by atoms with Crippen molar-refractivity contribution >= 4 is 39.0 Å². The number of thiophene rings is 1. The third kappa shape index (κ3) is 4.33. The van der Waals surface area contributed by atoms with E-state index in [4.69, 9.17) is 4.74 Å². The monoisotopic (exact) mass is 529 g/mol. The first-order valence-electron chi connectivity index (χ1n) is 11.4. The van der Waals surface area contributed by atoms with Crippen LogP contribution in [-0.2, 0) is 14.3 Å². The topological polar surface area (TPSA) is 55.4 Å². The van der Waals surface area contributed by atoms with E-state index in [1.54, 1.807) is 23.5 Å². The highest BCUT2D eigenvalue weighted by molar-refractivity contribution is 9.10. The van der Waals surface area contributed by atoms with Crippen LogP contribution in [0.5, 0.6) is 0 Å². The zero-order chi connectivity index (χ0) is 23.1. The summed E-state index contributed by atoms with van der Waals surface area (Å²) in [6.07, 6.45) is 4.64. The van der Waals surface area contributed by atoms with Crippen LogP contribution in [0.4, 0.5) is 4.39 Å². The van der Waals surface area contributed by atoms with Gasteiger partial charge in [-0.2, -0.15) is 0 Å². The van der Waals surface area contributed by atoms with Gasteiger partial charge in [0, 0.05) is 44.2 Å². The van der Waals surface area contributed by atoms with Gasteiger partial charge in [0.15, 0.2) is 5.78 Å². The fourth-order valence-electron chi connectivity index (χ4n) is 5.30. The van der Waals surface area contributed by atoms with E-state index < -0.39 is 17.7 Å². The van der Waals surface area contributed by atoms with Gasteiger partial charge in [-0.1, -0.05) is 22.0 Å². The molecule has 2 aliphatic carbocycles. The summed E-state index contributed by atoms with van der Waals surface area (Å²) >= 11 is 5.07. The van der Waals surface area contributed by atoms with E-state index >= 15 is 4.39 Å². The Bertz CT molecular complexity index is 1160. The largest absolute Gasteiger partial charge is 0.459 e. The highest BCUT2D eigenvalue weighted by Crippen LogP contribution is 2.47. The zero-order valence-corrected chi connectivity index (χ0v) is 20.7. The number of carbonyl (C=O) groups is 2. The first-order valence-corrected chi connectivity index (χ1v) is 13.0. The van der Waals surface area contributed by atoms with Gasteiger partial charge < -0.3 is 10.1 Å². The third-order valence-electron chi connectivity index (χ3n) is 6.84. The molecule has 1 aromatic heterocycles. The molecule has 1 fully saturated rings. The average molecular weight is 530 g/mol. The van der Waals surface area contributed by atoms with E-state index in [0.717, 1.165) is 36.3 Å². The molecule has 0 amide bonds. The minimum absolute atomic E-state index is 0.0507.